The van der Waals surface area contributed by atoms with Crippen molar-refractivity contribution in [2.45, 2.75) is 0 Å². The highest BCUT2D eigenvalue weighted by atomic mass is 15.1. The predicted molar refractivity (Wildman–Crippen MR) is 34.0 cm³/mol. The van der Waals surface area contributed by atoms with Gasteiger partial charge in [-0.05, 0) is 0 Å². The van der Waals surface area contributed by atoms with Crippen molar-refractivity contribution in [2.75, 3.05) is 0 Å². The van der Waals surface area contributed by atoms with E-state index in [0.717, 1.165) is 10.8 Å². The van der Waals surface area contributed by atoms with E-state index in [-0.39, 0.29) is 0 Å². The zero-order valence-electron chi connectivity index (χ0n) is 5.02. The molecule has 4 nitrogen and oxygen atoms in total. The first-order valence-corrected chi connectivity index (χ1v) is 2.76. The van der Waals surface area contributed by atoms with Crippen LogP contribution < -0.4 is 0 Å². The second-order valence-corrected chi connectivity index (χ2v) is 1.81. The van der Waals surface area contributed by atoms with Gasteiger partial charge < -0.3 is 0 Å². The zero-order valence-corrected chi connectivity index (χ0v) is 5.02. The molecule has 2 aromatic rings. The van der Waals surface area contributed by atoms with E-state index >= 15 is 0 Å². The van der Waals surface area contributed by atoms with Crippen LogP contribution in [0.5, 0.6) is 0 Å². The molecule has 10 heavy (non-hydrogen) atoms. The minimum Gasteiger partial charge on any atom is -0.158 e. The Hall–Kier alpha value is -1.58. The molecule has 0 aliphatic carbocycles. The molecule has 0 unspecified atom stereocenters. The monoisotopic (exact) mass is 131 g/mol. The van der Waals surface area contributed by atoms with E-state index in [9.17, 15) is 0 Å². The van der Waals surface area contributed by atoms with Crippen LogP contribution in [0.3, 0.4) is 0 Å². The largest absolute Gasteiger partial charge is 0.158 e. The van der Waals surface area contributed by atoms with Crippen LogP contribution in [0.4, 0.5) is 0 Å². The maximum Gasteiger partial charge on any atom is 0.123 e. The molecular formula is C6H3N4. The van der Waals surface area contributed by atoms with Gasteiger partial charge in [-0.1, -0.05) is 0 Å². The molecule has 47 valence electrons. The molecule has 0 N–H and O–H groups in total. The summed E-state index contributed by atoms with van der Waals surface area (Å²) in [5, 5.41) is 16.3. The summed E-state index contributed by atoms with van der Waals surface area (Å²) < 4.78 is 0. The molecule has 0 saturated heterocycles. The first kappa shape index (κ1) is 5.22. The molecule has 0 aliphatic heterocycles. The van der Waals surface area contributed by atoms with Crippen LogP contribution in [0.25, 0.3) is 10.8 Å². The molecule has 0 saturated carbocycles. The Labute approximate surface area is 56.9 Å². The first-order chi connectivity index (χ1) is 4.97. The number of aromatic nitrogens is 4. The van der Waals surface area contributed by atoms with Gasteiger partial charge in [0.05, 0.1) is 18.6 Å². The summed E-state index contributed by atoms with van der Waals surface area (Å²) in [6.45, 7) is 0. The van der Waals surface area contributed by atoms with Gasteiger partial charge in [0.2, 0.25) is 0 Å². The minimum atomic E-state index is 0.838. The zero-order chi connectivity index (χ0) is 6.81. The van der Waals surface area contributed by atoms with Gasteiger partial charge in [-0.3, -0.25) is 0 Å². The number of hydrogen-bond acceptors (Lipinski definition) is 4. The number of nitrogens with zero attached hydrogens (tertiary/aromatic N) is 4. The molecule has 0 spiro atoms. The second-order valence-electron chi connectivity index (χ2n) is 1.81. The average Bonchev–Trinajstić information content (AvgIpc) is 2.05. The number of rotatable bonds is 0. The van der Waals surface area contributed by atoms with Crippen molar-refractivity contribution in [1.82, 2.24) is 20.4 Å². The minimum absolute atomic E-state index is 0.838. The quantitative estimate of drug-likeness (QED) is 0.513. The van der Waals surface area contributed by atoms with Gasteiger partial charge in [0.15, 0.2) is 0 Å². The lowest BCUT2D eigenvalue weighted by Gasteiger charge is -1.88. The summed E-state index contributed by atoms with van der Waals surface area (Å²) in [6, 6.07) is 0. The Morgan fingerprint density at radius 2 is 1.80 bits per heavy atom. The maximum atomic E-state index is 3.68. The summed E-state index contributed by atoms with van der Waals surface area (Å²) in [7, 11) is 0. The Morgan fingerprint density at radius 3 is 2.70 bits per heavy atom. The summed E-state index contributed by atoms with van der Waals surface area (Å²) in [6.07, 6.45) is 7.54. The van der Waals surface area contributed by atoms with Crippen molar-refractivity contribution in [2.24, 2.45) is 0 Å². The molecule has 0 amide bonds. The van der Waals surface area contributed by atoms with Gasteiger partial charge in [0.25, 0.3) is 0 Å². The van der Waals surface area contributed by atoms with Gasteiger partial charge in [0, 0.05) is 10.8 Å². The molecule has 2 rings (SSSR count). The van der Waals surface area contributed by atoms with Gasteiger partial charge in [-0.25, -0.2) is 0 Å². The molecular weight excluding hydrogens is 128 g/mol. The lowest BCUT2D eigenvalue weighted by Crippen LogP contribution is -1.83. The van der Waals surface area contributed by atoms with E-state index in [1.165, 1.54) is 0 Å². The van der Waals surface area contributed by atoms with Crippen LogP contribution in [0, 0.1) is 6.20 Å². The van der Waals surface area contributed by atoms with E-state index in [1.54, 1.807) is 18.6 Å². The fraction of sp³-hybridized carbons (Fsp3) is 0. The highest BCUT2D eigenvalue weighted by molar-refractivity contribution is 5.77. The molecule has 1 radical (unpaired) electrons. The second kappa shape index (κ2) is 1.98. The van der Waals surface area contributed by atoms with Crippen molar-refractivity contribution in [3.05, 3.63) is 24.8 Å². The van der Waals surface area contributed by atoms with Crippen molar-refractivity contribution >= 4 is 10.8 Å². The van der Waals surface area contributed by atoms with Crippen molar-refractivity contribution in [3.63, 3.8) is 0 Å². The SMILES string of the molecule is [c]1nncc2cnncc12. The van der Waals surface area contributed by atoms with Gasteiger partial charge in [-0.2, -0.15) is 15.3 Å². The first-order valence-electron chi connectivity index (χ1n) is 2.76. The summed E-state index contributed by atoms with van der Waals surface area (Å²) in [5.41, 5.74) is 0. The fourth-order valence-electron chi connectivity index (χ4n) is 0.701. The van der Waals surface area contributed by atoms with Crippen LogP contribution in [-0.2, 0) is 0 Å². The molecule has 2 aromatic heterocycles. The summed E-state index contributed by atoms with van der Waals surface area (Å²) in [5.74, 6) is 0. The topological polar surface area (TPSA) is 51.6 Å². The molecule has 0 aromatic carbocycles. The van der Waals surface area contributed by atoms with Crippen molar-refractivity contribution in [3.8, 4) is 0 Å². The van der Waals surface area contributed by atoms with Gasteiger partial charge >= 0.3 is 0 Å². The molecule has 0 bridgehead atoms. The fourth-order valence-corrected chi connectivity index (χ4v) is 0.701. The molecule has 0 atom stereocenters. The highest BCUT2D eigenvalue weighted by Crippen LogP contribution is 2.03. The van der Waals surface area contributed by atoms with E-state index in [4.69, 9.17) is 0 Å². The van der Waals surface area contributed by atoms with Crippen LogP contribution in [0.1, 0.15) is 0 Å². The third kappa shape index (κ3) is 0.699. The third-order valence-electron chi connectivity index (χ3n) is 1.19. The Kier molecular flexibility index (Phi) is 1.04. The van der Waals surface area contributed by atoms with E-state index < -0.39 is 0 Å². The van der Waals surface area contributed by atoms with Crippen LogP contribution in [0.15, 0.2) is 18.6 Å². The lowest BCUT2D eigenvalue weighted by atomic mass is 10.3. The van der Waals surface area contributed by atoms with Crippen LogP contribution >= 0.6 is 0 Å². The molecule has 4 heteroatoms. The number of fused-ring (bicyclic) bond motifs is 1. The number of hydrogen-bond donors (Lipinski definition) is 0. The van der Waals surface area contributed by atoms with Crippen LogP contribution in [0.2, 0.25) is 0 Å². The molecule has 2 heterocycles. The maximum absolute atomic E-state index is 3.68. The van der Waals surface area contributed by atoms with Gasteiger partial charge in [-0.15, -0.1) is 5.10 Å². The normalized spacial score (nSPS) is 10.0. The van der Waals surface area contributed by atoms with Crippen molar-refractivity contribution < 1.29 is 0 Å². The summed E-state index contributed by atoms with van der Waals surface area (Å²) >= 11 is 0. The van der Waals surface area contributed by atoms with Gasteiger partial charge in [0.1, 0.15) is 6.20 Å². The molecule has 0 aliphatic rings. The lowest BCUT2D eigenvalue weighted by molar-refractivity contribution is 1.01. The Balaban J connectivity index is 2.89. The standard InChI is InChI=1S/C6H3N4/c1-5-2-9-10-4-6(5)3-8-7-1/h1-3H. The van der Waals surface area contributed by atoms with E-state index in [0.29, 0.717) is 0 Å². The smallest absolute Gasteiger partial charge is 0.123 e. The highest BCUT2D eigenvalue weighted by Gasteiger charge is 1.90. The average molecular weight is 131 g/mol. The van der Waals surface area contributed by atoms with Crippen LogP contribution in [-0.4, -0.2) is 20.4 Å². The predicted octanol–water partition coefficient (Wildman–Crippen LogP) is 0.220. The Morgan fingerprint density at radius 1 is 1.00 bits per heavy atom. The van der Waals surface area contributed by atoms with E-state index in [1.807, 2.05) is 0 Å². The molecule has 0 fully saturated rings. The van der Waals surface area contributed by atoms with Crippen molar-refractivity contribution in [1.29, 1.82) is 0 Å². The third-order valence-corrected chi connectivity index (χ3v) is 1.19. The summed E-state index contributed by atoms with van der Waals surface area (Å²) in [4.78, 5) is 0. The Bertz CT molecular complexity index is 281. The van der Waals surface area contributed by atoms with E-state index in [2.05, 4.69) is 26.6 Å².